The first-order valence-electron chi connectivity index (χ1n) is 10.5. The van der Waals surface area contributed by atoms with Crippen molar-refractivity contribution in [2.75, 3.05) is 31.2 Å². The number of anilines is 1. The van der Waals surface area contributed by atoms with Gasteiger partial charge < -0.3 is 9.64 Å². The molecular weight excluding hydrogens is 398 g/mol. The second kappa shape index (κ2) is 8.51. The number of ether oxygens (including phenoxy) is 1. The fourth-order valence-corrected chi connectivity index (χ4v) is 4.11. The maximum atomic E-state index is 14.1. The molecule has 2 aromatic carbocycles. The first-order valence-corrected chi connectivity index (χ1v) is 10.5. The van der Waals surface area contributed by atoms with Gasteiger partial charge in [-0.05, 0) is 42.7 Å². The highest BCUT2D eigenvalue weighted by Crippen LogP contribution is 2.33. The molecule has 0 saturated carbocycles. The Hall–Kier alpha value is -3.19. The second-order valence-corrected chi connectivity index (χ2v) is 7.73. The quantitative estimate of drug-likeness (QED) is 0.620. The molecular formula is C24H22F2N4O. The molecule has 5 nitrogen and oxygen atoms in total. The first kappa shape index (κ1) is 19.8. The molecule has 0 radical (unpaired) electrons. The van der Waals surface area contributed by atoms with E-state index >= 15 is 0 Å². The van der Waals surface area contributed by atoms with Crippen LogP contribution < -0.4 is 4.90 Å². The summed E-state index contributed by atoms with van der Waals surface area (Å²) >= 11 is 0. The third-order valence-electron chi connectivity index (χ3n) is 5.79. The standard InChI is InChI=1S/C24H22F2N4O/c25-18-2-1-3-19(26)24(18)22-9-8-20(27-22)16-4-6-17(7-5-16)21-10-11-23(29-28-21)30-12-14-31-15-13-30/h1-7,10-11,20H,8-9,12-15H2. The summed E-state index contributed by atoms with van der Waals surface area (Å²) in [4.78, 5) is 6.77. The Labute approximate surface area is 179 Å². The van der Waals surface area contributed by atoms with E-state index in [1.54, 1.807) is 0 Å². The molecule has 1 fully saturated rings. The van der Waals surface area contributed by atoms with E-state index in [0.717, 1.165) is 42.1 Å². The van der Waals surface area contributed by atoms with E-state index in [-0.39, 0.29) is 11.6 Å². The van der Waals surface area contributed by atoms with Crippen LogP contribution in [0, 0.1) is 11.6 Å². The van der Waals surface area contributed by atoms with Gasteiger partial charge in [0.2, 0.25) is 0 Å². The van der Waals surface area contributed by atoms with Crippen molar-refractivity contribution < 1.29 is 13.5 Å². The number of morpholine rings is 1. The molecule has 7 heteroatoms. The third kappa shape index (κ3) is 4.05. The zero-order valence-corrected chi connectivity index (χ0v) is 17.0. The minimum atomic E-state index is -0.561. The van der Waals surface area contributed by atoms with Crippen LogP contribution in [-0.2, 0) is 4.74 Å². The molecule has 0 amide bonds. The van der Waals surface area contributed by atoms with Gasteiger partial charge in [-0.1, -0.05) is 30.3 Å². The molecule has 158 valence electrons. The molecule has 5 rings (SSSR count). The lowest BCUT2D eigenvalue weighted by Gasteiger charge is -2.27. The number of aromatic nitrogens is 2. The smallest absolute Gasteiger partial charge is 0.151 e. The Morgan fingerprint density at radius 2 is 1.61 bits per heavy atom. The van der Waals surface area contributed by atoms with Gasteiger partial charge in [-0.25, -0.2) is 8.78 Å². The highest BCUT2D eigenvalue weighted by Gasteiger charge is 2.24. The fraction of sp³-hybridized carbons (Fsp3) is 0.292. The summed E-state index contributed by atoms with van der Waals surface area (Å²) in [6, 6.07) is 15.8. The van der Waals surface area contributed by atoms with Crippen LogP contribution >= 0.6 is 0 Å². The second-order valence-electron chi connectivity index (χ2n) is 7.73. The Bertz CT molecular complexity index is 1070. The molecule has 2 aliphatic heterocycles. The molecule has 0 aliphatic carbocycles. The maximum Gasteiger partial charge on any atom is 0.151 e. The molecule has 3 heterocycles. The fourth-order valence-electron chi connectivity index (χ4n) is 4.11. The summed E-state index contributed by atoms with van der Waals surface area (Å²) in [7, 11) is 0. The van der Waals surface area contributed by atoms with Crippen LogP contribution in [0.2, 0.25) is 0 Å². The molecule has 1 aromatic heterocycles. The van der Waals surface area contributed by atoms with Crippen molar-refractivity contribution in [3.8, 4) is 11.3 Å². The lowest BCUT2D eigenvalue weighted by molar-refractivity contribution is 0.122. The van der Waals surface area contributed by atoms with Crippen molar-refractivity contribution in [1.29, 1.82) is 0 Å². The van der Waals surface area contributed by atoms with Crippen LogP contribution in [0.1, 0.15) is 30.0 Å². The summed E-state index contributed by atoms with van der Waals surface area (Å²) in [6.45, 7) is 3.06. The third-order valence-corrected chi connectivity index (χ3v) is 5.79. The van der Waals surface area contributed by atoms with E-state index in [1.807, 2.05) is 36.4 Å². The van der Waals surface area contributed by atoms with Gasteiger partial charge in [0.25, 0.3) is 0 Å². The number of rotatable bonds is 4. The number of halogens is 2. The van der Waals surface area contributed by atoms with E-state index in [4.69, 9.17) is 4.74 Å². The van der Waals surface area contributed by atoms with Crippen LogP contribution in [0.15, 0.2) is 59.6 Å². The van der Waals surface area contributed by atoms with Crippen molar-refractivity contribution in [1.82, 2.24) is 10.2 Å². The van der Waals surface area contributed by atoms with Crippen LogP contribution in [0.4, 0.5) is 14.6 Å². The van der Waals surface area contributed by atoms with E-state index in [0.29, 0.717) is 25.3 Å². The molecule has 0 bridgehead atoms. The van der Waals surface area contributed by atoms with E-state index in [1.165, 1.54) is 18.2 Å². The van der Waals surface area contributed by atoms with Gasteiger partial charge in [-0.2, -0.15) is 0 Å². The highest BCUT2D eigenvalue weighted by molar-refractivity contribution is 6.02. The number of benzene rings is 2. The monoisotopic (exact) mass is 420 g/mol. The van der Waals surface area contributed by atoms with Crippen LogP contribution in [-0.4, -0.2) is 42.2 Å². The Kier molecular flexibility index (Phi) is 5.42. The largest absolute Gasteiger partial charge is 0.378 e. The van der Waals surface area contributed by atoms with Crippen LogP contribution in [0.5, 0.6) is 0 Å². The predicted molar refractivity (Wildman–Crippen MR) is 115 cm³/mol. The molecule has 3 aromatic rings. The number of hydrogen-bond donors (Lipinski definition) is 0. The summed E-state index contributed by atoms with van der Waals surface area (Å²) in [5, 5.41) is 8.75. The summed E-state index contributed by atoms with van der Waals surface area (Å²) in [5.41, 5.74) is 3.28. The van der Waals surface area contributed by atoms with E-state index in [9.17, 15) is 8.78 Å². The minimum Gasteiger partial charge on any atom is -0.378 e. The molecule has 2 aliphatic rings. The Morgan fingerprint density at radius 3 is 2.29 bits per heavy atom. The van der Waals surface area contributed by atoms with Gasteiger partial charge in [-0.3, -0.25) is 4.99 Å². The SMILES string of the molecule is Fc1cccc(F)c1C1=NC(c2ccc(-c3ccc(N4CCOCC4)nn3)cc2)CC1. The highest BCUT2D eigenvalue weighted by atomic mass is 19.1. The van der Waals surface area contributed by atoms with Crippen molar-refractivity contribution >= 4 is 11.5 Å². The normalized spacial score (nSPS) is 18.8. The number of hydrogen-bond acceptors (Lipinski definition) is 5. The Balaban J connectivity index is 1.32. The molecule has 1 saturated heterocycles. The molecule has 0 N–H and O–H groups in total. The van der Waals surface area contributed by atoms with E-state index in [2.05, 4.69) is 20.1 Å². The first-order chi connectivity index (χ1) is 15.2. The van der Waals surface area contributed by atoms with Crippen molar-refractivity contribution in [2.24, 2.45) is 4.99 Å². The number of aliphatic imine (C=N–C) groups is 1. The molecule has 1 unspecified atom stereocenters. The average molecular weight is 420 g/mol. The minimum absolute atomic E-state index is 0.00254. The summed E-state index contributed by atoms with van der Waals surface area (Å²) < 4.78 is 33.5. The lowest BCUT2D eigenvalue weighted by Crippen LogP contribution is -2.36. The maximum absolute atomic E-state index is 14.1. The van der Waals surface area contributed by atoms with Crippen LogP contribution in [0.25, 0.3) is 11.3 Å². The lowest BCUT2D eigenvalue weighted by atomic mass is 10.0. The molecule has 31 heavy (non-hydrogen) atoms. The molecule has 1 atom stereocenters. The van der Waals surface area contributed by atoms with Gasteiger partial charge in [-0.15, -0.1) is 10.2 Å². The van der Waals surface area contributed by atoms with Crippen molar-refractivity contribution in [2.45, 2.75) is 18.9 Å². The average Bonchev–Trinajstić information content (AvgIpc) is 3.30. The summed E-state index contributed by atoms with van der Waals surface area (Å²) in [6.07, 6.45) is 1.29. The van der Waals surface area contributed by atoms with Crippen molar-refractivity contribution in [3.63, 3.8) is 0 Å². The zero-order chi connectivity index (χ0) is 21.2. The Morgan fingerprint density at radius 1 is 0.871 bits per heavy atom. The molecule has 0 spiro atoms. The zero-order valence-electron chi connectivity index (χ0n) is 17.0. The van der Waals surface area contributed by atoms with Gasteiger partial charge >= 0.3 is 0 Å². The predicted octanol–water partition coefficient (Wildman–Crippen LogP) is 4.58. The summed E-state index contributed by atoms with van der Waals surface area (Å²) in [5.74, 6) is -0.264. The topological polar surface area (TPSA) is 50.6 Å². The van der Waals surface area contributed by atoms with Gasteiger partial charge in [0.1, 0.15) is 11.6 Å². The van der Waals surface area contributed by atoms with Gasteiger partial charge in [0.15, 0.2) is 5.82 Å². The van der Waals surface area contributed by atoms with Gasteiger partial charge in [0.05, 0.1) is 30.5 Å². The number of nitrogens with zero attached hydrogens (tertiary/aromatic N) is 4. The van der Waals surface area contributed by atoms with E-state index < -0.39 is 11.6 Å². The van der Waals surface area contributed by atoms with Crippen LogP contribution in [0.3, 0.4) is 0 Å². The van der Waals surface area contributed by atoms with Crippen molar-refractivity contribution in [3.05, 3.63) is 77.4 Å². The van der Waals surface area contributed by atoms with Gasteiger partial charge in [0, 0.05) is 24.4 Å².